The summed E-state index contributed by atoms with van der Waals surface area (Å²) in [6.45, 7) is 1.56. The first-order chi connectivity index (χ1) is 16.7. The molecule has 5 rings (SSSR count). The van der Waals surface area contributed by atoms with Gasteiger partial charge >= 0.3 is 0 Å². The van der Waals surface area contributed by atoms with Gasteiger partial charge in [0.15, 0.2) is 27.3 Å². The lowest BCUT2D eigenvalue weighted by Gasteiger charge is -2.15. The first-order valence-electron chi connectivity index (χ1n) is 11.9. The summed E-state index contributed by atoms with van der Waals surface area (Å²) < 4.78 is 23.2. The minimum absolute atomic E-state index is 0.126. The molecule has 2 atom stereocenters. The van der Waals surface area contributed by atoms with Crippen LogP contribution >= 0.6 is 0 Å². The Morgan fingerprint density at radius 2 is 1.06 bits per heavy atom. The van der Waals surface area contributed by atoms with E-state index in [1.807, 2.05) is 0 Å². The number of hydrogen-bond donors (Lipinski definition) is 0. The Hall–Kier alpha value is -2.67. The zero-order valence-corrected chi connectivity index (χ0v) is 20.6. The molecule has 2 heterocycles. The minimum atomic E-state index is -0.253. The van der Waals surface area contributed by atoms with Crippen LogP contribution in [0, 0.1) is 0 Å². The van der Waals surface area contributed by atoms with Crippen molar-refractivity contribution >= 4 is 16.6 Å². The average molecular weight is 479 g/mol. The molecule has 0 N–H and O–H groups in total. The van der Waals surface area contributed by atoms with E-state index in [2.05, 4.69) is 91.8 Å². The van der Waals surface area contributed by atoms with Gasteiger partial charge in [0.05, 0.1) is 24.1 Å². The van der Waals surface area contributed by atoms with E-state index in [0.29, 0.717) is 0 Å². The van der Waals surface area contributed by atoms with Crippen LogP contribution < -0.4 is 14.4 Å². The zero-order chi connectivity index (χ0) is 23.3. The van der Waals surface area contributed by atoms with E-state index < -0.39 is 0 Å². The van der Waals surface area contributed by atoms with Gasteiger partial charge in [-0.2, -0.15) is 0 Å². The highest BCUT2D eigenvalue weighted by molar-refractivity contribution is 7.97. The number of benzene rings is 3. The maximum Gasteiger partial charge on any atom is 0.199 e. The number of anilines is 1. The van der Waals surface area contributed by atoms with Crippen molar-refractivity contribution in [1.29, 1.82) is 0 Å². The quantitative estimate of drug-likeness (QED) is 0.378. The maximum atomic E-state index is 5.99. The molecule has 34 heavy (non-hydrogen) atoms. The molecule has 3 aromatic carbocycles. The topological polar surface area (TPSA) is 40.2 Å². The second-order valence-corrected chi connectivity index (χ2v) is 10.8. The molecule has 0 saturated carbocycles. The molecule has 0 amide bonds. The Labute approximate surface area is 204 Å². The normalized spacial score (nSPS) is 20.8. The van der Waals surface area contributed by atoms with Crippen molar-refractivity contribution in [3.05, 3.63) is 72.8 Å². The lowest BCUT2D eigenvalue weighted by atomic mass is 10.3. The third-order valence-corrected chi connectivity index (χ3v) is 8.25. The second kappa shape index (κ2) is 10.7. The van der Waals surface area contributed by atoms with E-state index in [0.717, 1.165) is 50.4 Å². The number of hydrogen-bond acceptors (Lipinski definition) is 5. The van der Waals surface area contributed by atoms with E-state index in [9.17, 15) is 0 Å². The average Bonchev–Trinajstić information content (AvgIpc) is 3.56. The van der Waals surface area contributed by atoms with Crippen LogP contribution in [-0.4, -0.2) is 39.9 Å². The van der Waals surface area contributed by atoms with E-state index in [-0.39, 0.29) is 23.5 Å². The SMILES string of the molecule is CN(C)c1ccc([S+](c2ccc(OC3CCCO3)cc2)c2ccc(OC3CCCO3)cc2)cc1. The van der Waals surface area contributed by atoms with Crippen LogP contribution in [0.1, 0.15) is 25.7 Å². The molecule has 0 bridgehead atoms. The van der Waals surface area contributed by atoms with Gasteiger partial charge in [-0.1, -0.05) is 0 Å². The third-order valence-electron chi connectivity index (χ3n) is 6.02. The van der Waals surface area contributed by atoms with Crippen LogP contribution in [0.5, 0.6) is 11.5 Å². The van der Waals surface area contributed by atoms with E-state index >= 15 is 0 Å². The van der Waals surface area contributed by atoms with Gasteiger partial charge in [-0.25, -0.2) is 0 Å². The lowest BCUT2D eigenvalue weighted by molar-refractivity contribution is -0.0393. The predicted molar refractivity (Wildman–Crippen MR) is 135 cm³/mol. The minimum Gasteiger partial charge on any atom is -0.465 e. The summed E-state index contributed by atoms with van der Waals surface area (Å²) in [5.74, 6) is 1.70. The molecular formula is C28H32NO4S+. The number of ether oxygens (including phenoxy) is 4. The van der Waals surface area contributed by atoms with Gasteiger partial charge < -0.3 is 23.8 Å². The summed E-state index contributed by atoms with van der Waals surface area (Å²) in [4.78, 5) is 5.87. The lowest BCUT2D eigenvalue weighted by Crippen LogP contribution is -2.14. The van der Waals surface area contributed by atoms with Crippen molar-refractivity contribution in [2.24, 2.45) is 0 Å². The summed E-state index contributed by atoms with van der Waals surface area (Å²) in [7, 11) is 3.88. The van der Waals surface area contributed by atoms with Crippen LogP contribution in [-0.2, 0) is 20.4 Å². The van der Waals surface area contributed by atoms with Crippen LogP contribution in [0.25, 0.3) is 0 Å². The summed E-state index contributed by atoms with van der Waals surface area (Å²) in [5, 5.41) is 0. The molecule has 178 valence electrons. The highest BCUT2D eigenvalue weighted by Gasteiger charge is 2.29. The second-order valence-electron chi connectivity index (χ2n) is 8.76. The Balaban J connectivity index is 1.41. The van der Waals surface area contributed by atoms with Gasteiger partial charge in [0, 0.05) is 32.6 Å². The van der Waals surface area contributed by atoms with Crippen LogP contribution in [0.15, 0.2) is 87.5 Å². The summed E-state index contributed by atoms with van der Waals surface area (Å²) in [6, 6.07) is 25.7. The number of nitrogens with zero attached hydrogens (tertiary/aromatic N) is 1. The Morgan fingerprint density at radius 3 is 1.41 bits per heavy atom. The standard InChI is InChI=1S/C28H32NO4S/c1-29(2)21-7-13-24(14-8-21)34(25-15-9-22(10-16-25)32-27-5-3-19-30-27)26-17-11-23(12-18-26)33-28-6-4-20-31-28/h7-18,27-28H,3-6,19-20H2,1-2H3/q+1. The molecule has 0 aliphatic carbocycles. The molecule has 2 aliphatic heterocycles. The molecule has 3 aromatic rings. The third kappa shape index (κ3) is 5.52. The summed E-state index contributed by atoms with van der Waals surface area (Å²) in [6.07, 6.45) is 3.76. The summed E-state index contributed by atoms with van der Waals surface area (Å²) in [5.41, 5.74) is 1.19. The zero-order valence-electron chi connectivity index (χ0n) is 19.8. The van der Waals surface area contributed by atoms with Crippen molar-refractivity contribution in [2.75, 3.05) is 32.2 Å². The fraction of sp³-hybridized carbons (Fsp3) is 0.357. The molecule has 5 nitrogen and oxygen atoms in total. The van der Waals surface area contributed by atoms with Crippen molar-refractivity contribution in [2.45, 2.75) is 52.9 Å². The van der Waals surface area contributed by atoms with Crippen molar-refractivity contribution in [3.63, 3.8) is 0 Å². The molecule has 2 aliphatic rings. The Morgan fingerprint density at radius 1 is 0.647 bits per heavy atom. The molecule has 2 fully saturated rings. The monoisotopic (exact) mass is 478 g/mol. The van der Waals surface area contributed by atoms with Gasteiger partial charge in [-0.05, 0) is 85.6 Å². The van der Waals surface area contributed by atoms with Gasteiger partial charge in [0.25, 0.3) is 0 Å². The largest absolute Gasteiger partial charge is 0.465 e. The fourth-order valence-electron chi connectivity index (χ4n) is 4.18. The molecule has 0 spiro atoms. The number of rotatable bonds is 8. The van der Waals surface area contributed by atoms with Gasteiger partial charge in [0.2, 0.25) is 0 Å². The van der Waals surface area contributed by atoms with E-state index in [1.165, 1.54) is 20.4 Å². The van der Waals surface area contributed by atoms with Gasteiger partial charge in [-0.3, -0.25) is 0 Å². The molecule has 0 aromatic heterocycles. The van der Waals surface area contributed by atoms with Crippen LogP contribution in [0.4, 0.5) is 5.69 Å². The molecule has 2 unspecified atom stereocenters. The predicted octanol–water partition coefficient (Wildman–Crippen LogP) is 5.88. The van der Waals surface area contributed by atoms with Crippen molar-refractivity contribution in [3.8, 4) is 11.5 Å². The maximum absolute atomic E-state index is 5.99. The molecule has 6 heteroatoms. The molecule has 2 saturated heterocycles. The fourth-order valence-corrected chi connectivity index (χ4v) is 6.22. The highest BCUT2D eigenvalue weighted by atomic mass is 32.2. The van der Waals surface area contributed by atoms with Crippen molar-refractivity contribution in [1.82, 2.24) is 0 Å². The van der Waals surface area contributed by atoms with Crippen molar-refractivity contribution < 1.29 is 18.9 Å². The van der Waals surface area contributed by atoms with Gasteiger partial charge in [0.1, 0.15) is 11.5 Å². The highest BCUT2D eigenvalue weighted by Crippen LogP contribution is 2.34. The first-order valence-corrected chi connectivity index (χ1v) is 13.2. The molecular weight excluding hydrogens is 446 g/mol. The first kappa shape index (κ1) is 23.1. The van der Waals surface area contributed by atoms with Gasteiger partial charge in [-0.15, -0.1) is 0 Å². The van der Waals surface area contributed by atoms with Crippen LogP contribution in [0.3, 0.4) is 0 Å². The smallest absolute Gasteiger partial charge is 0.199 e. The summed E-state index contributed by atoms with van der Waals surface area (Å²) >= 11 is 0. The van der Waals surface area contributed by atoms with E-state index in [4.69, 9.17) is 18.9 Å². The molecule has 0 radical (unpaired) electrons. The Kier molecular flexibility index (Phi) is 7.28. The van der Waals surface area contributed by atoms with Crippen LogP contribution in [0.2, 0.25) is 0 Å². The van der Waals surface area contributed by atoms with E-state index in [1.54, 1.807) is 0 Å². The Bertz CT molecular complexity index is 980.